The number of halogens is 2. The maximum atomic E-state index is 14.4. The summed E-state index contributed by atoms with van der Waals surface area (Å²) in [6.07, 6.45) is 3.44. The van der Waals surface area contributed by atoms with Gasteiger partial charge >= 0.3 is 0 Å². The molecule has 0 amide bonds. The van der Waals surface area contributed by atoms with E-state index < -0.39 is 0 Å². The first kappa shape index (κ1) is 17.2. The molecule has 0 N–H and O–H groups in total. The van der Waals surface area contributed by atoms with E-state index in [2.05, 4.69) is 13.8 Å². The van der Waals surface area contributed by atoms with E-state index in [-0.39, 0.29) is 24.0 Å². The van der Waals surface area contributed by atoms with Crippen LogP contribution in [0.1, 0.15) is 51.7 Å². The van der Waals surface area contributed by atoms with Crippen molar-refractivity contribution in [2.45, 2.75) is 52.7 Å². The van der Waals surface area contributed by atoms with E-state index in [0.29, 0.717) is 10.9 Å². The summed E-state index contributed by atoms with van der Waals surface area (Å²) in [6, 6.07) is 5.81. The summed E-state index contributed by atoms with van der Waals surface area (Å²) >= 11 is 6.15. The predicted molar refractivity (Wildman–Crippen MR) is 91.9 cm³/mol. The van der Waals surface area contributed by atoms with Crippen LogP contribution in [0.5, 0.6) is 0 Å². The second-order valence-electron chi connectivity index (χ2n) is 6.48. The second kappa shape index (κ2) is 6.97. The van der Waals surface area contributed by atoms with Crippen LogP contribution in [-0.4, -0.2) is 12.2 Å². The number of hydrogen-bond donors (Lipinski definition) is 0. The first-order valence-electron chi connectivity index (χ1n) is 7.83. The molecule has 2 atom stereocenters. The highest BCUT2D eigenvalue weighted by Crippen LogP contribution is 2.36. The summed E-state index contributed by atoms with van der Waals surface area (Å²) in [5.41, 5.74) is 3.01. The van der Waals surface area contributed by atoms with Crippen molar-refractivity contribution in [3.8, 4) is 0 Å². The number of rotatable bonds is 4. The largest absolute Gasteiger partial charge is 0.371 e. The van der Waals surface area contributed by atoms with Gasteiger partial charge in [0.1, 0.15) is 5.83 Å². The van der Waals surface area contributed by atoms with Crippen LogP contribution in [-0.2, 0) is 4.74 Å². The minimum Gasteiger partial charge on any atom is -0.371 e. The molecule has 2 unspecified atom stereocenters. The topological polar surface area (TPSA) is 9.23 Å². The molecule has 2 rings (SSSR count). The molecule has 0 spiro atoms. The zero-order valence-corrected chi connectivity index (χ0v) is 14.6. The highest BCUT2D eigenvalue weighted by molar-refractivity contribution is 6.30. The van der Waals surface area contributed by atoms with E-state index in [1.54, 1.807) is 6.08 Å². The van der Waals surface area contributed by atoms with Gasteiger partial charge in [-0.2, -0.15) is 0 Å². The molecule has 0 aromatic heterocycles. The van der Waals surface area contributed by atoms with Gasteiger partial charge in [0.25, 0.3) is 0 Å². The second-order valence-corrected chi connectivity index (χ2v) is 6.91. The zero-order chi connectivity index (χ0) is 16.4. The fourth-order valence-corrected chi connectivity index (χ4v) is 2.90. The van der Waals surface area contributed by atoms with E-state index in [1.165, 1.54) is 0 Å². The fourth-order valence-electron chi connectivity index (χ4n) is 2.73. The van der Waals surface area contributed by atoms with Crippen LogP contribution >= 0.6 is 11.6 Å². The van der Waals surface area contributed by atoms with Gasteiger partial charge in [0.2, 0.25) is 0 Å². The monoisotopic (exact) mass is 322 g/mol. The minimum atomic E-state index is -0.257. The van der Waals surface area contributed by atoms with Crippen molar-refractivity contribution in [3.63, 3.8) is 0 Å². The third-order valence-corrected chi connectivity index (χ3v) is 4.18. The van der Waals surface area contributed by atoms with Crippen LogP contribution in [0.15, 0.2) is 36.2 Å². The smallest absolute Gasteiger partial charge is 0.106 e. The third-order valence-electron chi connectivity index (χ3n) is 3.94. The Labute approximate surface area is 137 Å². The fraction of sp³-hybridized carbons (Fsp3) is 0.474. The Balaban J connectivity index is 2.48. The summed E-state index contributed by atoms with van der Waals surface area (Å²) in [4.78, 5) is 0. The van der Waals surface area contributed by atoms with Crippen molar-refractivity contribution in [1.82, 2.24) is 0 Å². The van der Waals surface area contributed by atoms with Gasteiger partial charge in [0, 0.05) is 10.9 Å². The Morgan fingerprint density at radius 2 is 1.86 bits per heavy atom. The molecule has 0 bridgehead atoms. The van der Waals surface area contributed by atoms with Crippen LogP contribution in [0.2, 0.25) is 5.02 Å². The van der Waals surface area contributed by atoms with Gasteiger partial charge in [-0.25, -0.2) is 4.39 Å². The van der Waals surface area contributed by atoms with E-state index in [1.807, 2.05) is 45.0 Å². The van der Waals surface area contributed by atoms with Gasteiger partial charge in [-0.05, 0) is 60.8 Å². The van der Waals surface area contributed by atoms with Crippen LogP contribution in [0.4, 0.5) is 4.39 Å². The standard InChI is InChI=1S/C19H24ClFO/c1-11(2)16-7-6-15(20)10-17(16)14-8-18(21)13(5)19(9-14)22-12(3)4/h6-13,19H,1-5H3. The molecule has 0 radical (unpaired) electrons. The van der Waals surface area contributed by atoms with Crippen LogP contribution in [0.3, 0.4) is 0 Å². The highest BCUT2D eigenvalue weighted by atomic mass is 35.5. The van der Waals surface area contributed by atoms with Crippen molar-refractivity contribution in [1.29, 1.82) is 0 Å². The summed E-state index contributed by atoms with van der Waals surface area (Å²) < 4.78 is 20.2. The summed E-state index contributed by atoms with van der Waals surface area (Å²) in [6.45, 7) is 10.0. The summed E-state index contributed by atoms with van der Waals surface area (Å²) in [7, 11) is 0. The van der Waals surface area contributed by atoms with Crippen molar-refractivity contribution in [2.75, 3.05) is 0 Å². The normalized spacial score (nSPS) is 22.0. The SMILES string of the molecule is CC(C)OC1C=C(c2cc(Cl)ccc2C(C)C)C=C(F)C1C. The lowest BCUT2D eigenvalue weighted by Gasteiger charge is -2.28. The van der Waals surface area contributed by atoms with Gasteiger partial charge < -0.3 is 4.74 Å². The molecule has 0 fully saturated rings. The number of allylic oxidation sites excluding steroid dienone is 2. The minimum absolute atomic E-state index is 0.0554. The van der Waals surface area contributed by atoms with Crippen LogP contribution in [0.25, 0.3) is 5.57 Å². The average Bonchev–Trinajstić information content (AvgIpc) is 2.42. The molecule has 1 aliphatic carbocycles. The molecular formula is C19H24ClFO. The van der Waals surface area contributed by atoms with Gasteiger partial charge in [0.15, 0.2) is 0 Å². The lowest BCUT2D eigenvalue weighted by atomic mass is 9.86. The van der Waals surface area contributed by atoms with Crippen molar-refractivity contribution in [2.24, 2.45) is 5.92 Å². The van der Waals surface area contributed by atoms with E-state index in [9.17, 15) is 4.39 Å². The van der Waals surface area contributed by atoms with Crippen molar-refractivity contribution >= 4 is 17.2 Å². The molecule has 3 heteroatoms. The Bertz CT molecular complexity index is 601. The first-order valence-corrected chi connectivity index (χ1v) is 8.21. The summed E-state index contributed by atoms with van der Waals surface area (Å²) in [5, 5.41) is 0.661. The molecule has 1 nitrogen and oxygen atoms in total. The third kappa shape index (κ3) is 3.80. The highest BCUT2D eigenvalue weighted by Gasteiger charge is 2.27. The Kier molecular flexibility index (Phi) is 5.46. The Hall–Kier alpha value is -1.12. The molecule has 0 saturated carbocycles. The Morgan fingerprint density at radius 3 is 2.45 bits per heavy atom. The lowest BCUT2D eigenvalue weighted by molar-refractivity contribution is 0.00978. The van der Waals surface area contributed by atoms with E-state index in [0.717, 1.165) is 16.7 Å². The van der Waals surface area contributed by atoms with E-state index in [4.69, 9.17) is 16.3 Å². The molecule has 1 aromatic carbocycles. The van der Waals surface area contributed by atoms with Gasteiger partial charge in [0.05, 0.1) is 12.2 Å². The van der Waals surface area contributed by atoms with Crippen LogP contribution in [0, 0.1) is 5.92 Å². The Morgan fingerprint density at radius 1 is 1.18 bits per heavy atom. The molecule has 1 aromatic rings. The molecule has 22 heavy (non-hydrogen) atoms. The molecular weight excluding hydrogens is 299 g/mol. The van der Waals surface area contributed by atoms with E-state index >= 15 is 0 Å². The number of hydrogen-bond acceptors (Lipinski definition) is 1. The van der Waals surface area contributed by atoms with Crippen molar-refractivity contribution in [3.05, 3.63) is 52.3 Å². The number of benzene rings is 1. The summed E-state index contributed by atoms with van der Waals surface area (Å²) in [5.74, 6) is -0.0564. The zero-order valence-electron chi connectivity index (χ0n) is 13.9. The first-order chi connectivity index (χ1) is 10.3. The van der Waals surface area contributed by atoms with Crippen molar-refractivity contribution < 1.29 is 9.13 Å². The number of ether oxygens (including phenoxy) is 1. The molecule has 120 valence electrons. The lowest BCUT2D eigenvalue weighted by Crippen LogP contribution is -2.26. The molecule has 0 heterocycles. The quantitative estimate of drug-likeness (QED) is 0.646. The molecule has 1 aliphatic rings. The molecule has 0 saturated heterocycles. The maximum Gasteiger partial charge on any atom is 0.106 e. The predicted octanol–water partition coefficient (Wildman–Crippen LogP) is 6.14. The van der Waals surface area contributed by atoms with Gasteiger partial charge in [-0.1, -0.05) is 38.4 Å². The van der Waals surface area contributed by atoms with Gasteiger partial charge in [-0.15, -0.1) is 0 Å². The molecule has 0 aliphatic heterocycles. The maximum absolute atomic E-state index is 14.4. The van der Waals surface area contributed by atoms with Crippen LogP contribution < -0.4 is 0 Å². The van der Waals surface area contributed by atoms with Gasteiger partial charge in [-0.3, -0.25) is 0 Å². The average molecular weight is 323 g/mol.